The van der Waals surface area contributed by atoms with Crippen LogP contribution in [0.4, 0.5) is 0 Å². The van der Waals surface area contributed by atoms with E-state index in [2.05, 4.69) is 5.32 Å². The predicted molar refractivity (Wildman–Crippen MR) is 139 cm³/mol. The van der Waals surface area contributed by atoms with Crippen LogP contribution in [-0.4, -0.2) is 31.7 Å². The van der Waals surface area contributed by atoms with Crippen LogP contribution >= 0.6 is 11.3 Å². The van der Waals surface area contributed by atoms with Crippen LogP contribution in [-0.2, 0) is 11.3 Å². The molecule has 3 aromatic carbocycles. The Morgan fingerprint density at radius 2 is 1.66 bits per heavy atom. The largest absolute Gasteiger partial charge is 0.494 e. The number of rotatable bonds is 11. The van der Waals surface area contributed by atoms with Crippen LogP contribution in [0.25, 0.3) is 21.8 Å². The van der Waals surface area contributed by atoms with Crippen molar-refractivity contribution < 1.29 is 19.0 Å². The van der Waals surface area contributed by atoms with Crippen molar-refractivity contribution in [1.29, 1.82) is 0 Å². The first-order valence-corrected chi connectivity index (χ1v) is 12.3. The Morgan fingerprint density at radius 1 is 0.914 bits per heavy atom. The van der Waals surface area contributed by atoms with E-state index in [1.165, 1.54) is 0 Å². The quantitative estimate of drug-likeness (QED) is 0.264. The third-order valence-corrected chi connectivity index (χ3v) is 6.33. The van der Waals surface area contributed by atoms with Gasteiger partial charge in [0.05, 0.1) is 26.5 Å². The van der Waals surface area contributed by atoms with Crippen LogP contribution in [0.1, 0.15) is 18.4 Å². The van der Waals surface area contributed by atoms with Gasteiger partial charge in [0.25, 0.3) is 0 Å². The van der Waals surface area contributed by atoms with Gasteiger partial charge in [-0.05, 0) is 42.3 Å². The summed E-state index contributed by atoms with van der Waals surface area (Å²) in [6.45, 7) is 1.01. The van der Waals surface area contributed by atoms with Crippen LogP contribution in [0.2, 0.25) is 0 Å². The Bertz CT molecular complexity index is 1240. The van der Waals surface area contributed by atoms with Crippen molar-refractivity contribution in [3.63, 3.8) is 0 Å². The smallest absolute Gasteiger partial charge is 0.220 e. The van der Waals surface area contributed by atoms with Crippen molar-refractivity contribution in [2.45, 2.75) is 19.4 Å². The second-order valence-corrected chi connectivity index (χ2v) is 8.70. The highest BCUT2D eigenvalue weighted by molar-refractivity contribution is 7.13. The first kappa shape index (κ1) is 24.3. The number of hydrogen-bond donors (Lipinski definition) is 1. The molecule has 0 aliphatic carbocycles. The molecule has 0 saturated heterocycles. The number of carbonyl (C=O) groups excluding carboxylic acids is 1. The summed E-state index contributed by atoms with van der Waals surface area (Å²) >= 11 is 1.59. The van der Waals surface area contributed by atoms with Crippen LogP contribution in [0.3, 0.4) is 0 Å². The molecule has 0 saturated carbocycles. The minimum atomic E-state index is 0.0187. The number of para-hydroxylation sites is 1. The molecule has 4 rings (SSSR count). The van der Waals surface area contributed by atoms with Crippen molar-refractivity contribution in [2.75, 3.05) is 20.8 Å². The fourth-order valence-corrected chi connectivity index (χ4v) is 4.36. The maximum Gasteiger partial charge on any atom is 0.220 e. The topological polar surface area (TPSA) is 69.7 Å². The summed E-state index contributed by atoms with van der Waals surface area (Å²) in [5.74, 6) is 2.21. The summed E-state index contributed by atoms with van der Waals surface area (Å²) in [5.41, 5.74) is 3.94. The molecule has 0 spiro atoms. The van der Waals surface area contributed by atoms with Gasteiger partial charge in [-0.2, -0.15) is 0 Å². The van der Waals surface area contributed by atoms with Crippen molar-refractivity contribution in [1.82, 2.24) is 10.3 Å². The van der Waals surface area contributed by atoms with E-state index < -0.39 is 0 Å². The van der Waals surface area contributed by atoms with E-state index in [0.717, 1.165) is 33.1 Å². The predicted octanol–water partition coefficient (Wildman–Crippen LogP) is 5.97. The van der Waals surface area contributed by atoms with Gasteiger partial charge in [0.15, 0.2) is 11.5 Å². The fraction of sp³-hybridized carbons (Fsp3) is 0.214. The molecule has 0 radical (unpaired) electrons. The molecule has 0 aliphatic heterocycles. The zero-order chi connectivity index (χ0) is 24.5. The van der Waals surface area contributed by atoms with Crippen molar-refractivity contribution in [3.05, 3.63) is 83.7 Å². The second-order valence-electron chi connectivity index (χ2n) is 7.85. The normalized spacial score (nSPS) is 10.6. The van der Waals surface area contributed by atoms with E-state index in [1.54, 1.807) is 25.6 Å². The average molecular weight is 489 g/mol. The Hall–Kier alpha value is -3.84. The molecule has 1 amide bonds. The Kier molecular flexibility index (Phi) is 8.35. The number of ether oxygens (including phenoxy) is 3. The molecule has 35 heavy (non-hydrogen) atoms. The maximum atomic E-state index is 12.1. The van der Waals surface area contributed by atoms with Crippen LogP contribution in [0.5, 0.6) is 17.2 Å². The third-order valence-electron chi connectivity index (χ3n) is 5.43. The number of methoxy groups -OCH3 is 2. The highest BCUT2D eigenvalue weighted by Crippen LogP contribution is 2.34. The molecular formula is C28H28N2O4S. The summed E-state index contributed by atoms with van der Waals surface area (Å²) in [6, 6.07) is 23.5. The monoisotopic (exact) mass is 488 g/mol. The first-order valence-electron chi connectivity index (χ1n) is 11.4. The van der Waals surface area contributed by atoms with E-state index in [-0.39, 0.29) is 5.91 Å². The minimum absolute atomic E-state index is 0.0187. The highest BCUT2D eigenvalue weighted by Gasteiger charge is 2.11. The Balaban J connectivity index is 1.27. The van der Waals surface area contributed by atoms with Gasteiger partial charge in [-0.25, -0.2) is 4.98 Å². The maximum absolute atomic E-state index is 12.1. The van der Waals surface area contributed by atoms with Gasteiger partial charge in [-0.3, -0.25) is 4.79 Å². The molecule has 180 valence electrons. The molecule has 4 aromatic rings. The third kappa shape index (κ3) is 6.61. The van der Waals surface area contributed by atoms with Crippen molar-refractivity contribution in [2.24, 2.45) is 0 Å². The number of nitrogens with one attached hydrogen (secondary N) is 1. The summed E-state index contributed by atoms with van der Waals surface area (Å²) in [6.07, 6.45) is 1.11. The zero-order valence-corrected chi connectivity index (χ0v) is 20.6. The average Bonchev–Trinajstić information content (AvgIpc) is 3.41. The van der Waals surface area contributed by atoms with E-state index in [4.69, 9.17) is 19.2 Å². The van der Waals surface area contributed by atoms with E-state index in [9.17, 15) is 4.79 Å². The summed E-state index contributed by atoms with van der Waals surface area (Å²) in [5, 5.41) is 5.94. The van der Waals surface area contributed by atoms with Crippen molar-refractivity contribution in [3.8, 4) is 39.1 Å². The molecule has 6 nitrogen and oxygen atoms in total. The summed E-state index contributed by atoms with van der Waals surface area (Å²) in [4.78, 5) is 16.9. The number of thiazole rings is 1. The SMILES string of the molecule is COc1ccc(-c2csc(-c3ccc(CNC(=O)CCCOc4ccccc4)cc3)n2)cc1OC. The number of amides is 1. The molecule has 0 fully saturated rings. The van der Waals surface area contributed by atoms with Gasteiger partial charge in [0.1, 0.15) is 10.8 Å². The lowest BCUT2D eigenvalue weighted by Gasteiger charge is -2.08. The van der Waals surface area contributed by atoms with E-state index in [1.807, 2.05) is 78.2 Å². The lowest BCUT2D eigenvalue weighted by atomic mass is 10.1. The first-order chi connectivity index (χ1) is 17.2. The standard InChI is InChI=1S/C28H28N2O4S/c1-32-25-15-14-22(17-26(25)33-2)24-19-35-28(30-24)21-12-10-20(11-13-21)18-29-27(31)9-6-16-34-23-7-4-3-5-8-23/h3-5,7-8,10-15,17,19H,6,9,16,18H2,1-2H3,(H,29,31). The minimum Gasteiger partial charge on any atom is -0.494 e. The van der Waals surface area contributed by atoms with E-state index >= 15 is 0 Å². The van der Waals surface area contributed by atoms with Gasteiger partial charge in [-0.1, -0.05) is 42.5 Å². The molecule has 1 heterocycles. The van der Waals surface area contributed by atoms with Gasteiger partial charge in [0, 0.05) is 29.5 Å². The molecule has 0 unspecified atom stereocenters. The van der Waals surface area contributed by atoms with Gasteiger partial charge in [-0.15, -0.1) is 11.3 Å². The lowest BCUT2D eigenvalue weighted by molar-refractivity contribution is -0.121. The number of nitrogens with zero attached hydrogens (tertiary/aromatic N) is 1. The number of benzene rings is 3. The Labute approximate surface area is 209 Å². The molecule has 7 heteroatoms. The van der Waals surface area contributed by atoms with Crippen LogP contribution in [0.15, 0.2) is 78.2 Å². The molecule has 0 bridgehead atoms. The Morgan fingerprint density at radius 3 is 2.40 bits per heavy atom. The van der Waals surface area contributed by atoms with Crippen molar-refractivity contribution >= 4 is 17.2 Å². The summed E-state index contributed by atoms with van der Waals surface area (Å²) < 4.78 is 16.3. The number of hydrogen-bond acceptors (Lipinski definition) is 6. The molecule has 1 N–H and O–H groups in total. The lowest BCUT2D eigenvalue weighted by Crippen LogP contribution is -2.22. The molecule has 0 atom stereocenters. The van der Waals surface area contributed by atoms with Gasteiger partial charge < -0.3 is 19.5 Å². The van der Waals surface area contributed by atoms with Gasteiger partial charge in [0.2, 0.25) is 5.91 Å². The highest BCUT2D eigenvalue weighted by atomic mass is 32.1. The zero-order valence-electron chi connectivity index (χ0n) is 19.8. The summed E-state index contributed by atoms with van der Waals surface area (Å²) in [7, 11) is 3.24. The number of aromatic nitrogens is 1. The molecule has 1 aromatic heterocycles. The number of carbonyl (C=O) groups is 1. The molecule has 0 aliphatic rings. The van der Waals surface area contributed by atoms with Crippen LogP contribution < -0.4 is 19.5 Å². The fourth-order valence-electron chi connectivity index (χ4n) is 3.53. The van der Waals surface area contributed by atoms with Crippen LogP contribution in [0, 0.1) is 0 Å². The van der Waals surface area contributed by atoms with E-state index in [0.29, 0.717) is 37.5 Å². The van der Waals surface area contributed by atoms with Gasteiger partial charge >= 0.3 is 0 Å². The second kappa shape index (κ2) is 12.0. The molecular weight excluding hydrogens is 460 g/mol.